The number of rotatable bonds is 16. The number of ether oxygens (including phenoxy) is 1. The molecule has 0 aliphatic heterocycles. The normalized spacial score (nSPS) is 12.9. The van der Waals surface area contributed by atoms with Gasteiger partial charge < -0.3 is 25.4 Å². The lowest BCUT2D eigenvalue weighted by Gasteiger charge is -2.34. The smallest absolute Gasteiger partial charge is 0.408 e. The number of carbonyl (C=O) groups excluding carboxylic acids is 3. The highest BCUT2D eigenvalue weighted by molar-refractivity contribution is 7.98. The summed E-state index contributed by atoms with van der Waals surface area (Å²) in [6, 6.07) is 4.66. The van der Waals surface area contributed by atoms with Gasteiger partial charge in [0.15, 0.2) is 0 Å². The van der Waals surface area contributed by atoms with Crippen molar-refractivity contribution in [2.24, 2.45) is 0 Å². The summed E-state index contributed by atoms with van der Waals surface area (Å²) in [6.45, 7) is 10.4. The lowest BCUT2D eigenvalue weighted by atomic mass is 10.0. The minimum absolute atomic E-state index is 0.0825. The number of amides is 3. The van der Waals surface area contributed by atoms with Crippen LogP contribution in [-0.2, 0) is 14.3 Å². The molecule has 8 nitrogen and oxygen atoms in total. The zero-order chi connectivity index (χ0) is 27.8. The SMILES string of the molecule is CCCCCNC(=O)C(c1ccc(O)cc1)N(CCCCC)C(=O)C(CCSC)NC(=O)OC(C)(C)C. The molecule has 0 saturated heterocycles. The summed E-state index contributed by atoms with van der Waals surface area (Å²) >= 11 is 1.58. The summed E-state index contributed by atoms with van der Waals surface area (Å²) in [6.07, 6.45) is 7.16. The molecule has 0 aromatic heterocycles. The van der Waals surface area contributed by atoms with Gasteiger partial charge in [-0.15, -0.1) is 0 Å². The van der Waals surface area contributed by atoms with Crippen LogP contribution in [0.3, 0.4) is 0 Å². The molecule has 0 spiro atoms. The van der Waals surface area contributed by atoms with Crippen LogP contribution in [0.4, 0.5) is 4.79 Å². The Morgan fingerprint density at radius 1 is 1.03 bits per heavy atom. The number of unbranched alkanes of at least 4 members (excludes halogenated alkanes) is 4. The zero-order valence-corrected chi connectivity index (χ0v) is 24.3. The van der Waals surface area contributed by atoms with Gasteiger partial charge in [0, 0.05) is 13.1 Å². The number of benzene rings is 1. The van der Waals surface area contributed by atoms with Crippen molar-refractivity contribution in [3.05, 3.63) is 29.8 Å². The van der Waals surface area contributed by atoms with Crippen LogP contribution < -0.4 is 10.6 Å². The number of carbonyl (C=O) groups is 3. The molecule has 1 rings (SSSR count). The Hall–Kier alpha value is -2.42. The van der Waals surface area contributed by atoms with E-state index in [9.17, 15) is 19.5 Å². The monoisotopic (exact) mass is 537 g/mol. The third-order valence-corrected chi connectivity index (χ3v) is 6.38. The standard InChI is InChI=1S/C28H47N3O5S/c1-7-9-11-18-29-25(33)24(21-13-15-22(32)16-14-21)31(19-12-10-8-2)26(34)23(17-20-37-6)30-27(35)36-28(3,4)5/h13-16,23-24,32H,7-12,17-20H2,1-6H3,(H,29,33)(H,30,35). The minimum atomic E-state index is -0.885. The molecular formula is C28H47N3O5S. The van der Waals surface area contributed by atoms with Gasteiger partial charge in [0.1, 0.15) is 23.4 Å². The number of nitrogens with zero attached hydrogens (tertiary/aromatic N) is 1. The summed E-state index contributed by atoms with van der Waals surface area (Å²) in [5.41, 5.74) is -0.0955. The molecule has 0 saturated carbocycles. The van der Waals surface area contributed by atoms with Gasteiger partial charge in [-0.3, -0.25) is 9.59 Å². The summed E-state index contributed by atoms with van der Waals surface area (Å²) in [7, 11) is 0. The van der Waals surface area contributed by atoms with Crippen LogP contribution in [0, 0.1) is 0 Å². The number of phenols is 1. The van der Waals surface area contributed by atoms with Crippen molar-refractivity contribution >= 4 is 29.7 Å². The topological polar surface area (TPSA) is 108 Å². The second kappa shape index (κ2) is 17.2. The maximum absolute atomic E-state index is 14.0. The molecule has 0 heterocycles. The number of thioether (sulfide) groups is 1. The van der Waals surface area contributed by atoms with Crippen molar-refractivity contribution in [1.82, 2.24) is 15.5 Å². The lowest BCUT2D eigenvalue weighted by Crippen LogP contribution is -2.53. The molecule has 2 unspecified atom stereocenters. The first-order valence-electron chi connectivity index (χ1n) is 13.4. The number of hydrogen-bond donors (Lipinski definition) is 3. The van der Waals surface area contributed by atoms with Crippen LogP contribution in [0.15, 0.2) is 24.3 Å². The Balaban J connectivity index is 3.37. The summed E-state index contributed by atoms with van der Waals surface area (Å²) in [5, 5.41) is 15.6. The minimum Gasteiger partial charge on any atom is -0.508 e. The van der Waals surface area contributed by atoms with Crippen LogP contribution in [0.25, 0.3) is 0 Å². The summed E-state index contributed by atoms with van der Waals surface area (Å²) in [5.74, 6) is 0.145. The van der Waals surface area contributed by atoms with Crippen LogP contribution in [0.1, 0.15) is 91.2 Å². The maximum Gasteiger partial charge on any atom is 0.408 e. The molecule has 3 amide bonds. The van der Waals surface area contributed by atoms with Crippen molar-refractivity contribution in [3.63, 3.8) is 0 Å². The second-order valence-corrected chi connectivity index (χ2v) is 11.2. The number of hydrogen-bond acceptors (Lipinski definition) is 6. The highest BCUT2D eigenvalue weighted by Crippen LogP contribution is 2.26. The molecule has 210 valence electrons. The Labute approximate surface area is 227 Å². The van der Waals surface area contributed by atoms with E-state index in [2.05, 4.69) is 24.5 Å². The van der Waals surface area contributed by atoms with E-state index in [1.165, 1.54) is 12.1 Å². The Kier molecular flexibility index (Phi) is 15.1. The molecule has 2 atom stereocenters. The van der Waals surface area contributed by atoms with E-state index < -0.39 is 23.8 Å². The zero-order valence-electron chi connectivity index (χ0n) is 23.5. The van der Waals surface area contributed by atoms with Gasteiger partial charge >= 0.3 is 6.09 Å². The Morgan fingerprint density at radius 3 is 2.22 bits per heavy atom. The molecule has 0 aliphatic rings. The van der Waals surface area contributed by atoms with E-state index in [0.29, 0.717) is 30.8 Å². The maximum atomic E-state index is 14.0. The Morgan fingerprint density at radius 2 is 1.65 bits per heavy atom. The third-order valence-electron chi connectivity index (χ3n) is 5.73. The van der Waals surface area contributed by atoms with E-state index >= 15 is 0 Å². The molecule has 9 heteroatoms. The van der Waals surface area contributed by atoms with E-state index in [1.807, 2.05) is 6.26 Å². The van der Waals surface area contributed by atoms with E-state index in [0.717, 1.165) is 38.5 Å². The largest absolute Gasteiger partial charge is 0.508 e. The molecule has 0 aliphatic carbocycles. The number of aromatic hydroxyl groups is 1. The van der Waals surface area contributed by atoms with Crippen molar-refractivity contribution in [2.75, 3.05) is 25.1 Å². The molecular weight excluding hydrogens is 490 g/mol. The van der Waals surface area contributed by atoms with Crippen molar-refractivity contribution < 1.29 is 24.2 Å². The Bertz CT molecular complexity index is 826. The van der Waals surface area contributed by atoms with Crippen LogP contribution in [0.5, 0.6) is 5.75 Å². The summed E-state index contributed by atoms with van der Waals surface area (Å²) < 4.78 is 5.42. The first kappa shape index (κ1) is 32.6. The van der Waals surface area contributed by atoms with Crippen LogP contribution >= 0.6 is 11.8 Å². The van der Waals surface area contributed by atoms with Gasteiger partial charge in [-0.1, -0.05) is 51.7 Å². The first-order valence-corrected chi connectivity index (χ1v) is 14.8. The average molecular weight is 538 g/mol. The molecule has 1 aromatic carbocycles. The van der Waals surface area contributed by atoms with Gasteiger partial charge in [-0.2, -0.15) is 11.8 Å². The van der Waals surface area contributed by atoms with Crippen molar-refractivity contribution in [1.29, 1.82) is 0 Å². The number of phenolic OH excluding ortho intramolecular Hbond substituents is 1. The fraction of sp³-hybridized carbons (Fsp3) is 0.679. The highest BCUT2D eigenvalue weighted by atomic mass is 32.2. The van der Waals surface area contributed by atoms with Gasteiger partial charge in [-0.25, -0.2) is 4.79 Å². The predicted molar refractivity (Wildman–Crippen MR) is 151 cm³/mol. The highest BCUT2D eigenvalue weighted by Gasteiger charge is 2.35. The number of nitrogens with one attached hydrogen (secondary N) is 2. The van der Waals surface area contributed by atoms with Crippen LogP contribution in [-0.4, -0.2) is 64.7 Å². The molecule has 3 N–H and O–H groups in total. The second-order valence-electron chi connectivity index (χ2n) is 10.2. The molecule has 1 aromatic rings. The molecule has 0 bridgehead atoms. The molecule has 0 fully saturated rings. The van der Waals surface area contributed by atoms with Crippen LogP contribution in [0.2, 0.25) is 0 Å². The van der Waals surface area contributed by atoms with Crippen molar-refractivity contribution in [2.45, 2.75) is 97.2 Å². The molecule has 37 heavy (non-hydrogen) atoms. The first-order chi connectivity index (χ1) is 17.5. The van der Waals surface area contributed by atoms with Gasteiger partial charge in [0.2, 0.25) is 11.8 Å². The van der Waals surface area contributed by atoms with Gasteiger partial charge in [-0.05, 0) is 69.7 Å². The lowest BCUT2D eigenvalue weighted by molar-refractivity contribution is -0.142. The quantitative estimate of drug-likeness (QED) is 0.244. The molecule has 0 radical (unpaired) electrons. The van der Waals surface area contributed by atoms with Crippen molar-refractivity contribution in [3.8, 4) is 5.75 Å². The van der Waals surface area contributed by atoms with Gasteiger partial charge in [0.25, 0.3) is 0 Å². The van der Waals surface area contributed by atoms with E-state index in [-0.39, 0.29) is 17.6 Å². The van der Waals surface area contributed by atoms with Gasteiger partial charge in [0.05, 0.1) is 0 Å². The average Bonchev–Trinajstić information content (AvgIpc) is 2.83. The van der Waals surface area contributed by atoms with E-state index in [4.69, 9.17) is 4.74 Å². The number of alkyl carbamates (subject to hydrolysis) is 1. The fourth-order valence-electron chi connectivity index (χ4n) is 3.85. The van der Waals surface area contributed by atoms with E-state index in [1.54, 1.807) is 49.6 Å². The third kappa shape index (κ3) is 12.6. The summed E-state index contributed by atoms with van der Waals surface area (Å²) in [4.78, 5) is 41.8. The fourth-order valence-corrected chi connectivity index (χ4v) is 4.33. The predicted octanol–water partition coefficient (Wildman–Crippen LogP) is 5.40.